The summed E-state index contributed by atoms with van der Waals surface area (Å²) in [5.41, 5.74) is 2.87. The molecule has 11 heavy (non-hydrogen) atoms. The van der Waals surface area contributed by atoms with Crippen molar-refractivity contribution in [2.75, 3.05) is 11.5 Å². The van der Waals surface area contributed by atoms with Crippen LogP contribution in [0.2, 0.25) is 0 Å². The monoisotopic (exact) mass is 176 g/mol. The second-order valence-corrected chi connectivity index (χ2v) is 4.14. The predicted molar refractivity (Wildman–Crippen MR) is 53.6 cm³/mol. The van der Waals surface area contributed by atoms with Gasteiger partial charge in [0.1, 0.15) is 0 Å². The zero-order chi connectivity index (χ0) is 8.69. The summed E-state index contributed by atoms with van der Waals surface area (Å²) in [6, 6.07) is 0.477. The minimum absolute atomic E-state index is 0.477. The fraction of sp³-hybridized carbons (Fsp3) is 1.00. The van der Waals surface area contributed by atoms with Gasteiger partial charge in [0.25, 0.3) is 0 Å². The molecular weight excluding hydrogens is 156 g/mol. The molecule has 0 aromatic rings. The van der Waals surface area contributed by atoms with Gasteiger partial charge >= 0.3 is 0 Å². The van der Waals surface area contributed by atoms with E-state index >= 15 is 0 Å². The van der Waals surface area contributed by atoms with Crippen LogP contribution in [0.5, 0.6) is 0 Å². The van der Waals surface area contributed by atoms with Crippen molar-refractivity contribution in [3.05, 3.63) is 0 Å². The van der Waals surface area contributed by atoms with E-state index in [0.717, 1.165) is 5.75 Å². The molecule has 2 nitrogen and oxygen atoms in total. The molecule has 0 aliphatic rings. The summed E-state index contributed by atoms with van der Waals surface area (Å²) in [6.07, 6.45) is 1.19. The lowest BCUT2D eigenvalue weighted by Gasteiger charge is -2.21. The highest BCUT2D eigenvalue weighted by molar-refractivity contribution is 7.99. The van der Waals surface area contributed by atoms with E-state index < -0.39 is 0 Å². The largest absolute Gasteiger partial charge is 0.271 e. The fourth-order valence-electron chi connectivity index (χ4n) is 0.906. The third kappa shape index (κ3) is 4.67. The van der Waals surface area contributed by atoms with Gasteiger partial charge in [0.2, 0.25) is 0 Å². The molecule has 0 aromatic carbocycles. The smallest absolute Gasteiger partial charge is 0.0326 e. The molecule has 0 fully saturated rings. The number of hydrogen-bond acceptors (Lipinski definition) is 3. The number of thioether (sulfide) groups is 1. The van der Waals surface area contributed by atoms with Crippen LogP contribution >= 0.6 is 11.8 Å². The maximum absolute atomic E-state index is 5.43. The fourth-order valence-corrected chi connectivity index (χ4v) is 1.82. The van der Waals surface area contributed by atoms with Crippen LogP contribution in [0.4, 0.5) is 0 Å². The Balaban J connectivity index is 3.56. The Labute approximate surface area is 74.3 Å². The van der Waals surface area contributed by atoms with Gasteiger partial charge < -0.3 is 0 Å². The Bertz CT molecular complexity index is 88.2. The molecule has 0 rings (SSSR count). The van der Waals surface area contributed by atoms with Crippen LogP contribution in [-0.4, -0.2) is 17.5 Å². The number of hydrogen-bond donors (Lipinski definition) is 2. The Kier molecular flexibility index (Phi) is 7.12. The van der Waals surface area contributed by atoms with E-state index in [-0.39, 0.29) is 0 Å². The van der Waals surface area contributed by atoms with Crippen molar-refractivity contribution in [2.45, 2.75) is 33.2 Å². The number of hydrazine groups is 1. The molecule has 3 N–H and O–H groups in total. The molecule has 0 saturated heterocycles. The molecule has 2 unspecified atom stereocenters. The Morgan fingerprint density at radius 3 is 2.45 bits per heavy atom. The van der Waals surface area contributed by atoms with Gasteiger partial charge in [-0.15, -0.1) is 0 Å². The maximum Gasteiger partial charge on any atom is 0.0326 e. The van der Waals surface area contributed by atoms with E-state index in [0.29, 0.717) is 12.0 Å². The van der Waals surface area contributed by atoms with Gasteiger partial charge in [-0.25, -0.2) is 0 Å². The van der Waals surface area contributed by atoms with Gasteiger partial charge in [0.15, 0.2) is 0 Å². The van der Waals surface area contributed by atoms with Crippen molar-refractivity contribution < 1.29 is 0 Å². The van der Waals surface area contributed by atoms with E-state index in [1.807, 2.05) is 11.8 Å². The second-order valence-electron chi connectivity index (χ2n) is 2.82. The first-order valence-corrected chi connectivity index (χ1v) is 5.45. The summed E-state index contributed by atoms with van der Waals surface area (Å²) in [5.74, 6) is 8.41. The van der Waals surface area contributed by atoms with E-state index in [2.05, 4.69) is 26.2 Å². The SMILES string of the molecule is CCSCC(NN)C(C)CC. The summed E-state index contributed by atoms with van der Waals surface area (Å²) in [5, 5.41) is 0. The molecular formula is C8H20N2S. The lowest BCUT2D eigenvalue weighted by molar-refractivity contribution is 0.403. The highest BCUT2D eigenvalue weighted by atomic mass is 32.2. The van der Waals surface area contributed by atoms with Crippen LogP contribution in [0.3, 0.4) is 0 Å². The highest BCUT2D eigenvalue weighted by Crippen LogP contribution is 2.12. The average molecular weight is 176 g/mol. The normalized spacial score (nSPS) is 16.4. The summed E-state index contributed by atoms with van der Waals surface area (Å²) >= 11 is 1.94. The van der Waals surface area contributed by atoms with Crippen LogP contribution < -0.4 is 11.3 Å². The Morgan fingerprint density at radius 2 is 2.09 bits per heavy atom. The van der Waals surface area contributed by atoms with Crippen LogP contribution in [-0.2, 0) is 0 Å². The number of rotatable bonds is 6. The lowest BCUT2D eigenvalue weighted by atomic mass is 10.0. The molecule has 3 heteroatoms. The quantitative estimate of drug-likeness (QED) is 0.477. The minimum Gasteiger partial charge on any atom is -0.271 e. The summed E-state index contributed by atoms with van der Waals surface area (Å²) in [6.45, 7) is 6.61. The van der Waals surface area contributed by atoms with Crippen molar-refractivity contribution >= 4 is 11.8 Å². The van der Waals surface area contributed by atoms with Crippen molar-refractivity contribution in [1.29, 1.82) is 0 Å². The topological polar surface area (TPSA) is 38.0 Å². The van der Waals surface area contributed by atoms with Crippen LogP contribution in [0, 0.1) is 5.92 Å². The first kappa shape index (κ1) is 11.3. The molecule has 68 valence electrons. The Hall–Kier alpha value is 0.270. The van der Waals surface area contributed by atoms with Gasteiger partial charge in [0.05, 0.1) is 0 Å². The molecule has 0 bridgehead atoms. The summed E-state index contributed by atoms with van der Waals surface area (Å²) in [4.78, 5) is 0. The van der Waals surface area contributed by atoms with Gasteiger partial charge in [-0.2, -0.15) is 11.8 Å². The van der Waals surface area contributed by atoms with Gasteiger partial charge in [-0.1, -0.05) is 27.2 Å². The van der Waals surface area contributed by atoms with E-state index in [4.69, 9.17) is 5.84 Å². The van der Waals surface area contributed by atoms with Crippen LogP contribution in [0.25, 0.3) is 0 Å². The minimum atomic E-state index is 0.477. The summed E-state index contributed by atoms with van der Waals surface area (Å²) in [7, 11) is 0. The molecule has 0 saturated carbocycles. The van der Waals surface area contributed by atoms with E-state index in [1.54, 1.807) is 0 Å². The number of nitrogens with one attached hydrogen (secondary N) is 1. The van der Waals surface area contributed by atoms with Gasteiger partial charge in [-0.05, 0) is 11.7 Å². The van der Waals surface area contributed by atoms with Crippen LogP contribution in [0.1, 0.15) is 27.2 Å². The third-order valence-corrected chi connectivity index (χ3v) is 3.05. The molecule has 0 spiro atoms. The molecule has 0 aliphatic heterocycles. The second kappa shape index (κ2) is 6.95. The highest BCUT2D eigenvalue weighted by Gasteiger charge is 2.12. The molecule has 0 heterocycles. The Morgan fingerprint density at radius 1 is 1.45 bits per heavy atom. The van der Waals surface area contributed by atoms with Crippen molar-refractivity contribution in [3.63, 3.8) is 0 Å². The summed E-state index contributed by atoms with van der Waals surface area (Å²) < 4.78 is 0. The standard InChI is InChI=1S/C8H20N2S/c1-4-7(3)8(10-9)6-11-5-2/h7-8,10H,4-6,9H2,1-3H3. The third-order valence-electron chi connectivity index (χ3n) is 2.05. The molecule has 0 aliphatic carbocycles. The zero-order valence-corrected chi connectivity index (χ0v) is 8.58. The van der Waals surface area contributed by atoms with Crippen LogP contribution in [0.15, 0.2) is 0 Å². The van der Waals surface area contributed by atoms with Crippen molar-refractivity contribution in [3.8, 4) is 0 Å². The average Bonchev–Trinajstić information content (AvgIpc) is 2.05. The van der Waals surface area contributed by atoms with Crippen molar-refractivity contribution in [2.24, 2.45) is 11.8 Å². The maximum atomic E-state index is 5.43. The van der Waals surface area contributed by atoms with E-state index in [9.17, 15) is 0 Å². The first-order chi connectivity index (χ1) is 5.26. The van der Waals surface area contributed by atoms with Gasteiger partial charge in [0, 0.05) is 11.8 Å². The van der Waals surface area contributed by atoms with Gasteiger partial charge in [-0.3, -0.25) is 11.3 Å². The molecule has 2 atom stereocenters. The number of nitrogens with two attached hydrogens (primary N) is 1. The lowest BCUT2D eigenvalue weighted by Crippen LogP contribution is -2.41. The zero-order valence-electron chi connectivity index (χ0n) is 7.76. The molecule has 0 radical (unpaired) electrons. The van der Waals surface area contributed by atoms with E-state index in [1.165, 1.54) is 12.2 Å². The van der Waals surface area contributed by atoms with Crippen molar-refractivity contribution in [1.82, 2.24) is 5.43 Å². The molecule has 0 amide bonds. The molecule has 0 aromatic heterocycles. The first-order valence-electron chi connectivity index (χ1n) is 4.30. The predicted octanol–water partition coefficient (Wildman–Crippen LogP) is 1.62.